The van der Waals surface area contributed by atoms with Crippen molar-refractivity contribution >= 4 is 23.9 Å². The van der Waals surface area contributed by atoms with Crippen molar-refractivity contribution in [2.45, 2.75) is 336 Å². The Morgan fingerprint density at radius 1 is 0.224 bits per heavy atom. The molecule has 0 rings (SSSR count). The van der Waals surface area contributed by atoms with Gasteiger partial charge in [-0.15, -0.1) is 0 Å². The van der Waals surface area contributed by atoms with Gasteiger partial charge in [-0.05, 0) is 154 Å². The number of carbonyl (C=O) groups is 4. The van der Waals surface area contributed by atoms with Crippen LogP contribution in [-0.4, -0.2) is 50.3 Å². The van der Waals surface area contributed by atoms with Crippen LogP contribution in [0.5, 0.6) is 0 Å². The van der Waals surface area contributed by atoms with Crippen molar-refractivity contribution in [1.29, 1.82) is 0 Å². The molecule has 0 aromatic carbocycles. The highest BCUT2D eigenvalue weighted by molar-refractivity contribution is 5.71. The fourth-order valence-electron chi connectivity index (χ4n) is 9.80. The molecule has 0 unspecified atom stereocenters. The van der Waals surface area contributed by atoms with Crippen LogP contribution in [0.2, 0.25) is 0 Å². The van der Waals surface area contributed by atoms with Crippen molar-refractivity contribution in [3.05, 3.63) is 97.2 Å². The van der Waals surface area contributed by atoms with E-state index in [0.29, 0.717) is 25.7 Å². The van der Waals surface area contributed by atoms with Crippen LogP contribution in [0.4, 0.5) is 0 Å². The lowest BCUT2D eigenvalue weighted by Crippen LogP contribution is -2.44. The Labute approximate surface area is 524 Å². The maximum Gasteiger partial charge on any atom is 0.305 e. The van der Waals surface area contributed by atoms with Gasteiger partial charge in [-0.25, -0.2) is 0 Å². The van der Waals surface area contributed by atoms with Gasteiger partial charge in [-0.3, -0.25) is 19.2 Å². The van der Waals surface area contributed by atoms with Crippen LogP contribution < -0.4 is 0 Å². The standard InChI is InChI=1S/C77H132O8/c1-5-9-13-17-21-25-29-33-37-41-45-49-53-57-61-65-73(78)82-69-77(70-83-74(79)66-62-58-54-50-46-42-38-34-30-26-22-18-14-10-6-2,71-84-75(80)67-63-59-55-51-47-43-39-35-31-27-23-19-15-11-7-3)72-85-76(81)68-64-60-56-52-48-44-40-36-32-28-24-20-16-12-8-4/h21-28,33-40H,5-20,29-32,41-72H2,1-4H3/b25-21-,26-22-,27-23-,28-24+,37-33-,38-34-,39-35-,40-36+. The van der Waals surface area contributed by atoms with Gasteiger partial charge in [0.2, 0.25) is 0 Å². The van der Waals surface area contributed by atoms with Gasteiger partial charge in [-0.1, -0.05) is 253 Å². The number of rotatable bonds is 64. The smallest absolute Gasteiger partial charge is 0.305 e. The monoisotopic (exact) mass is 1180 g/mol. The van der Waals surface area contributed by atoms with Crippen LogP contribution in [0.15, 0.2) is 97.2 Å². The Hall–Kier alpha value is -4.20. The third-order valence-electron chi connectivity index (χ3n) is 15.5. The van der Waals surface area contributed by atoms with Gasteiger partial charge in [0, 0.05) is 25.7 Å². The van der Waals surface area contributed by atoms with Crippen molar-refractivity contribution < 1.29 is 38.1 Å². The first-order chi connectivity index (χ1) is 41.8. The van der Waals surface area contributed by atoms with E-state index in [1.165, 1.54) is 103 Å². The molecule has 488 valence electrons. The molecule has 0 saturated carbocycles. The van der Waals surface area contributed by atoms with Crippen LogP contribution in [0.1, 0.15) is 336 Å². The Bertz CT molecular complexity index is 1490. The van der Waals surface area contributed by atoms with E-state index in [1.807, 2.05) is 0 Å². The third kappa shape index (κ3) is 62.7. The molecule has 0 bridgehead atoms. The van der Waals surface area contributed by atoms with E-state index < -0.39 is 5.41 Å². The van der Waals surface area contributed by atoms with Gasteiger partial charge < -0.3 is 18.9 Å². The summed E-state index contributed by atoms with van der Waals surface area (Å²) in [5.74, 6) is -1.45. The number of allylic oxidation sites excluding steroid dienone is 16. The maximum atomic E-state index is 13.4. The van der Waals surface area contributed by atoms with E-state index in [-0.39, 0.29) is 76.0 Å². The van der Waals surface area contributed by atoms with E-state index >= 15 is 0 Å². The average molecular weight is 1190 g/mol. The molecular formula is C77H132O8. The quantitative estimate of drug-likeness (QED) is 0.0257. The fraction of sp³-hybridized carbons (Fsp3) is 0.740. The zero-order chi connectivity index (χ0) is 61.7. The van der Waals surface area contributed by atoms with Crippen molar-refractivity contribution in [1.82, 2.24) is 0 Å². The molecule has 0 aliphatic carbocycles. The summed E-state index contributed by atoms with van der Waals surface area (Å²) in [7, 11) is 0. The van der Waals surface area contributed by atoms with Crippen LogP contribution in [0, 0.1) is 5.41 Å². The van der Waals surface area contributed by atoms with Crippen molar-refractivity contribution in [2.24, 2.45) is 5.41 Å². The van der Waals surface area contributed by atoms with Crippen LogP contribution >= 0.6 is 0 Å². The first-order valence-corrected chi connectivity index (χ1v) is 35.6. The summed E-state index contributed by atoms with van der Waals surface area (Å²) in [6.07, 6.45) is 85.2. The molecule has 8 heteroatoms. The maximum absolute atomic E-state index is 13.4. The molecule has 0 saturated heterocycles. The van der Waals surface area contributed by atoms with E-state index in [2.05, 4.69) is 125 Å². The average Bonchev–Trinajstić information content (AvgIpc) is 3.60. The van der Waals surface area contributed by atoms with Gasteiger partial charge in [0.05, 0.1) is 0 Å². The Balaban J connectivity index is 5.59. The van der Waals surface area contributed by atoms with Gasteiger partial charge >= 0.3 is 23.9 Å². The molecule has 0 N–H and O–H groups in total. The van der Waals surface area contributed by atoms with E-state index in [1.54, 1.807) is 0 Å². The number of carbonyl (C=O) groups excluding carboxylic acids is 4. The third-order valence-corrected chi connectivity index (χ3v) is 15.5. The highest BCUT2D eigenvalue weighted by atomic mass is 16.6. The summed E-state index contributed by atoms with van der Waals surface area (Å²) in [5, 5.41) is 0. The summed E-state index contributed by atoms with van der Waals surface area (Å²) < 4.78 is 23.8. The SMILES string of the molecule is CCCCC/C=C\C/C=C\CCCCCCCC(=O)OCC(COC(=O)CCCCCCC/C=C\C/C=C\CCCCC)(COC(=O)CCCCCCC/C=C\C/C=C\CCCCC)COC(=O)CCCCCCC/C=C/C/C=C/CCCCC. The van der Waals surface area contributed by atoms with Crippen LogP contribution in [0.3, 0.4) is 0 Å². The molecule has 85 heavy (non-hydrogen) atoms. The molecule has 0 heterocycles. The zero-order valence-corrected chi connectivity index (χ0v) is 55.8. The normalized spacial score (nSPS) is 12.4. The molecular weight excluding hydrogens is 1050 g/mol. The second-order valence-corrected chi connectivity index (χ2v) is 24.1. The molecule has 0 aliphatic heterocycles. The van der Waals surface area contributed by atoms with E-state index in [9.17, 15) is 19.2 Å². The molecule has 0 amide bonds. The van der Waals surface area contributed by atoms with Gasteiger partial charge in [-0.2, -0.15) is 0 Å². The topological polar surface area (TPSA) is 105 Å². The lowest BCUT2D eigenvalue weighted by molar-refractivity contribution is -0.170. The largest absolute Gasteiger partial charge is 0.465 e. The Morgan fingerprint density at radius 2 is 0.388 bits per heavy atom. The fourth-order valence-corrected chi connectivity index (χ4v) is 9.80. The highest BCUT2D eigenvalue weighted by Crippen LogP contribution is 2.24. The van der Waals surface area contributed by atoms with E-state index in [0.717, 1.165) is 154 Å². The number of hydrogen-bond donors (Lipinski definition) is 0. The summed E-state index contributed by atoms with van der Waals surface area (Å²) in [6, 6.07) is 0. The second-order valence-electron chi connectivity index (χ2n) is 24.1. The lowest BCUT2D eigenvalue weighted by atomic mass is 9.92. The van der Waals surface area contributed by atoms with Gasteiger partial charge in [0.15, 0.2) is 0 Å². The van der Waals surface area contributed by atoms with Crippen LogP contribution in [0.25, 0.3) is 0 Å². The number of ether oxygens (including phenoxy) is 4. The molecule has 0 fully saturated rings. The lowest BCUT2D eigenvalue weighted by Gasteiger charge is -2.31. The molecule has 0 radical (unpaired) electrons. The predicted octanol–water partition coefficient (Wildman–Crippen LogP) is 23.4. The molecule has 8 nitrogen and oxygen atoms in total. The first-order valence-electron chi connectivity index (χ1n) is 35.6. The predicted molar refractivity (Wildman–Crippen MR) is 364 cm³/mol. The highest BCUT2D eigenvalue weighted by Gasteiger charge is 2.38. The number of unbranched alkanes of at least 4 members (excludes halogenated alkanes) is 32. The minimum Gasteiger partial charge on any atom is -0.465 e. The van der Waals surface area contributed by atoms with Crippen LogP contribution in [-0.2, 0) is 38.1 Å². The Kier molecular flexibility index (Phi) is 64.0. The molecule has 0 aromatic rings. The molecule has 0 aliphatic rings. The summed E-state index contributed by atoms with van der Waals surface area (Å²) in [5.41, 5.74) is -1.25. The summed E-state index contributed by atoms with van der Waals surface area (Å²) >= 11 is 0. The minimum atomic E-state index is -1.25. The number of esters is 4. The molecule has 0 atom stereocenters. The second kappa shape index (κ2) is 67.3. The van der Waals surface area contributed by atoms with Gasteiger partial charge in [0.1, 0.15) is 31.8 Å². The van der Waals surface area contributed by atoms with Gasteiger partial charge in [0.25, 0.3) is 0 Å². The minimum absolute atomic E-state index is 0.197. The number of hydrogen-bond acceptors (Lipinski definition) is 8. The summed E-state index contributed by atoms with van der Waals surface area (Å²) in [6.45, 7) is 8.15. The van der Waals surface area contributed by atoms with Crippen molar-refractivity contribution in [3.63, 3.8) is 0 Å². The van der Waals surface area contributed by atoms with E-state index in [4.69, 9.17) is 18.9 Å². The Morgan fingerprint density at radius 3 is 0.576 bits per heavy atom. The molecule has 0 spiro atoms. The first kappa shape index (κ1) is 80.8. The molecule has 0 aromatic heterocycles. The van der Waals surface area contributed by atoms with Crippen molar-refractivity contribution in [2.75, 3.05) is 26.4 Å². The van der Waals surface area contributed by atoms with Crippen molar-refractivity contribution in [3.8, 4) is 0 Å². The summed E-state index contributed by atoms with van der Waals surface area (Å²) in [4.78, 5) is 53.5. The zero-order valence-electron chi connectivity index (χ0n) is 55.8.